The maximum Gasteiger partial charge on any atom is 0.228 e. The van der Waals surface area contributed by atoms with Crippen LogP contribution in [0, 0.1) is 6.92 Å². The van der Waals surface area contributed by atoms with Crippen LogP contribution in [-0.4, -0.2) is 34.9 Å². The number of piperidine rings is 1. The van der Waals surface area contributed by atoms with Crippen LogP contribution in [0.4, 0.5) is 0 Å². The second-order valence-corrected chi connectivity index (χ2v) is 8.63. The van der Waals surface area contributed by atoms with Crippen molar-refractivity contribution in [3.8, 4) is 22.8 Å². The molecule has 2 aromatic carbocycles. The van der Waals surface area contributed by atoms with Gasteiger partial charge in [0.15, 0.2) is 11.4 Å². The van der Waals surface area contributed by atoms with Crippen LogP contribution in [0.1, 0.15) is 54.1 Å². The first-order valence-electron chi connectivity index (χ1n) is 10.9. The maximum absolute atomic E-state index is 13.3. The summed E-state index contributed by atoms with van der Waals surface area (Å²) in [6.07, 6.45) is 1.71. The maximum atomic E-state index is 13.3. The zero-order chi connectivity index (χ0) is 21.6. The highest BCUT2D eigenvalue weighted by molar-refractivity contribution is 6.07. The summed E-state index contributed by atoms with van der Waals surface area (Å²) in [5.74, 6) is 1.85. The molecule has 2 aliphatic rings. The molecule has 3 heterocycles. The lowest BCUT2D eigenvalue weighted by Gasteiger charge is -2.40. The Morgan fingerprint density at radius 2 is 1.94 bits per heavy atom. The molecule has 1 spiro atoms. The zero-order valence-corrected chi connectivity index (χ0v) is 18.1. The van der Waals surface area contributed by atoms with Crippen LogP contribution in [-0.2, 0) is 5.60 Å². The van der Waals surface area contributed by atoms with Crippen LogP contribution in [0.3, 0.4) is 0 Å². The molecule has 1 fully saturated rings. The standard InChI is InChI=1S/C25H27N3O3/c1-15(2)30-19-9-8-17(14-16(19)3)22(29)24-27-21-18-6-4-5-7-20(18)31-25(23(21)28-24)10-12-26-13-11-25/h4-9,14-15,26H,10-13H2,1-3H3,(H,27,28). The number of para-hydroxylation sites is 1. The van der Waals surface area contributed by atoms with Gasteiger partial charge in [0.25, 0.3) is 0 Å². The molecule has 31 heavy (non-hydrogen) atoms. The van der Waals surface area contributed by atoms with E-state index in [1.54, 1.807) is 6.07 Å². The summed E-state index contributed by atoms with van der Waals surface area (Å²) in [5, 5.41) is 3.39. The molecule has 0 unspecified atom stereocenters. The number of fused-ring (bicyclic) bond motifs is 4. The third-order valence-electron chi connectivity index (χ3n) is 6.02. The van der Waals surface area contributed by atoms with E-state index in [1.807, 2.05) is 57.2 Å². The normalized spacial score (nSPS) is 16.5. The van der Waals surface area contributed by atoms with E-state index in [-0.39, 0.29) is 11.9 Å². The van der Waals surface area contributed by atoms with Gasteiger partial charge in [-0.1, -0.05) is 12.1 Å². The Morgan fingerprint density at radius 3 is 2.68 bits per heavy atom. The van der Waals surface area contributed by atoms with Gasteiger partial charge in [0.2, 0.25) is 5.78 Å². The molecule has 6 heteroatoms. The zero-order valence-electron chi connectivity index (χ0n) is 18.1. The molecule has 1 aromatic heterocycles. The number of nitrogens with one attached hydrogen (secondary N) is 2. The molecule has 0 atom stereocenters. The molecule has 3 aromatic rings. The SMILES string of the molecule is Cc1cc(C(=O)c2nc3c([nH]2)-c2ccccc2OC32CCNCC2)ccc1OC(C)C. The summed E-state index contributed by atoms with van der Waals surface area (Å²) in [6, 6.07) is 13.5. The van der Waals surface area contributed by atoms with Crippen LogP contribution in [0.2, 0.25) is 0 Å². The van der Waals surface area contributed by atoms with Crippen LogP contribution < -0.4 is 14.8 Å². The van der Waals surface area contributed by atoms with Crippen molar-refractivity contribution in [2.24, 2.45) is 0 Å². The van der Waals surface area contributed by atoms with E-state index < -0.39 is 5.60 Å². The molecule has 2 N–H and O–H groups in total. The van der Waals surface area contributed by atoms with Crippen molar-refractivity contribution in [2.75, 3.05) is 13.1 Å². The third-order valence-corrected chi connectivity index (χ3v) is 6.02. The summed E-state index contributed by atoms with van der Waals surface area (Å²) >= 11 is 0. The fourth-order valence-electron chi connectivity index (χ4n) is 4.51. The second-order valence-electron chi connectivity index (χ2n) is 8.63. The van der Waals surface area contributed by atoms with Crippen LogP contribution in [0.5, 0.6) is 11.5 Å². The van der Waals surface area contributed by atoms with Gasteiger partial charge in [-0.2, -0.15) is 0 Å². The Hall–Kier alpha value is -3.12. The number of ether oxygens (including phenoxy) is 2. The van der Waals surface area contributed by atoms with Gasteiger partial charge in [-0.3, -0.25) is 4.79 Å². The summed E-state index contributed by atoms with van der Waals surface area (Å²) in [5.41, 5.74) is 3.70. The summed E-state index contributed by atoms with van der Waals surface area (Å²) < 4.78 is 12.3. The van der Waals surface area contributed by atoms with E-state index in [0.29, 0.717) is 11.4 Å². The minimum absolute atomic E-state index is 0.0818. The van der Waals surface area contributed by atoms with E-state index in [1.165, 1.54) is 0 Å². The topological polar surface area (TPSA) is 76.2 Å². The van der Waals surface area contributed by atoms with Crippen LogP contribution in [0.25, 0.3) is 11.3 Å². The lowest BCUT2D eigenvalue weighted by Crippen LogP contribution is -2.45. The van der Waals surface area contributed by atoms with Gasteiger partial charge < -0.3 is 19.8 Å². The Kier molecular flexibility index (Phi) is 4.82. The Bertz CT molecular complexity index is 1140. The fraction of sp³-hybridized carbons (Fsp3) is 0.360. The minimum Gasteiger partial charge on any atom is -0.491 e. The highest BCUT2D eigenvalue weighted by Gasteiger charge is 2.45. The summed E-state index contributed by atoms with van der Waals surface area (Å²) in [7, 11) is 0. The number of H-pyrrole nitrogens is 1. The number of carbonyl (C=O) groups excluding carboxylic acids is 1. The number of benzene rings is 2. The largest absolute Gasteiger partial charge is 0.491 e. The van der Waals surface area contributed by atoms with Crippen LogP contribution in [0.15, 0.2) is 42.5 Å². The molecule has 1 saturated heterocycles. The second kappa shape index (κ2) is 7.54. The number of hydrogen-bond donors (Lipinski definition) is 2. The molecule has 5 rings (SSSR count). The highest BCUT2D eigenvalue weighted by atomic mass is 16.5. The quantitative estimate of drug-likeness (QED) is 0.617. The van der Waals surface area contributed by atoms with Crippen LogP contribution >= 0.6 is 0 Å². The van der Waals surface area contributed by atoms with E-state index in [4.69, 9.17) is 14.5 Å². The predicted molar refractivity (Wildman–Crippen MR) is 119 cm³/mol. The molecule has 0 radical (unpaired) electrons. The number of ketones is 1. The van der Waals surface area contributed by atoms with E-state index >= 15 is 0 Å². The number of carbonyl (C=O) groups is 1. The molecular weight excluding hydrogens is 390 g/mol. The van der Waals surface area contributed by atoms with Gasteiger partial charge in [-0.15, -0.1) is 0 Å². The first-order valence-corrected chi connectivity index (χ1v) is 10.9. The first kappa shape index (κ1) is 19.8. The molecular formula is C25H27N3O3. The van der Waals surface area contributed by atoms with Crippen molar-refractivity contribution in [1.29, 1.82) is 0 Å². The first-order chi connectivity index (χ1) is 15.0. The number of aromatic amines is 1. The molecule has 2 aliphatic heterocycles. The molecule has 6 nitrogen and oxygen atoms in total. The van der Waals surface area contributed by atoms with Gasteiger partial charge >= 0.3 is 0 Å². The number of imidazole rings is 1. The number of nitrogens with zero attached hydrogens (tertiary/aromatic N) is 1. The number of hydrogen-bond acceptors (Lipinski definition) is 5. The smallest absolute Gasteiger partial charge is 0.228 e. The predicted octanol–water partition coefficient (Wildman–Crippen LogP) is 4.37. The Morgan fingerprint density at radius 1 is 1.16 bits per heavy atom. The van der Waals surface area contributed by atoms with Crippen molar-refractivity contribution >= 4 is 5.78 Å². The number of aromatic nitrogens is 2. The Balaban J connectivity index is 1.55. The van der Waals surface area contributed by atoms with E-state index in [9.17, 15) is 4.79 Å². The lowest BCUT2D eigenvalue weighted by atomic mass is 9.84. The number of rotatable bonds is 4. The minimum atomic E-state index is -0.505. The fourth-order valence-corrected chi connectivity index (χ4v) is 4.51. The lowest BCUT2D eigenvalue weighted by molar-refractivity contribution is 0.0269. The average molecular weight is 418 g/mol. The highest BCUT2D eigenvalue weighted by Crippen LogP contribution is 2.47. The van der Waals surface area contributed by atoms with Crippen molar-refractivity contribution in [3.05, 3.63) is 65.1 Å². The van der Waals surface area contributed by atoms with Crippen molar-refractivity contribution in [1.82, 2.24) is 15.3 Å². The van der Waals surface area contributed by atoms with Crippen molar-refractivity contribution < 1.29 is 14.3 Å². The average Bonchev–Trinajstić information content (AvgIpc) is 3.22. The van der Waals surface area contributed by atoms with Gasteiger partial charge in [-0.05, 0) is 69.8 Å². The van der Waals surface area contributed by atoms with Crippen molar-refractivity contribution in [3.63, 3.8) is 0 Å². The summed E-state index contributed by atoms with van der Waals surface area (Å²) in [6.45, 7) is 7.64. The molecule has 0 bridgehead atoms. The van der Waals surface area contributed by atoms with E-state index in [0.717, 1.165) is 59.9 Å². The number of aryl methyl sites for hydroxylation is 1. The molecule has 160 valence electrons. The van der Waals surface area contributed by atoms with Gasteiger partial charge in [0.05, 0.1) is 11.8 Å². The molecule has 0 saturated carbocycles. The van der Waals surface area contributed by atoms with Gasteiger partial charge in [0, 0.05) is 24.0 Å². The van der Waals surface area contributed by atoms with Gasteiger partial charge in [-0.25, -0.2) is 4.98 Å². The Labute approximate surface area is 182 Å². The van der Waals surface area contributed by atoms with E-state index in [2.05, 4.69) is 10.3 Å². The van der Waals surface area contributed by atoms with Gasteiger partial charge in [0.1, 0.15) is 17.2 Å². The van der Waals surface area contributed by atoms with Crippen molar-refractivity contribution in [2.45, 2.75) is 45.3 Å². The monoisotopic (exact) mass is 417 g/mol. The summed E-state index contributed by atoms with van der Waals surface area (Å²) in [4.78, 5) is 21.5. The third kappa shape index (κ3) is 3.41. The molecule has 0 amide bonds. The molecule has 0 aliphatic carbocycles.